The van der Waals surface area contributed by atoms with E-state index < -0.39 is 23.3 Å². The summed E-state index contributed by atoms with van der Waals surface area (Å²) >= 11 is 0. The minimum atomic E-state index is -0.733. The van der Waals surface area contributed by atoms with Gasteiger partial charge in [-0.05, 0) is 71.1 Å². The lowest BCUT2D eigenvalue weighted by Crippen LogP contribution is -2.44. The lowest BCUT2D eigenvalue weighted by atomic mass is 9.90. The summed E-state index contributed by atoms with van der Waals surface area (Å²) in [6, 6.07) is 11.3. The Morgan fingerprint density at radius 2 is 1.67 bits per heavy atom. The first kappa shape index (κ1) is 25.0. The topological polar surface area (TPSA) is 59.6 Å². The van der Waals surface area contributed by atoms with Crippen molar-refractivity contribution >= 4 is 6.09 Å². The predicted molar refractivity (Wildman–Crippen MR) is 124 cm³/mol. The Balaban J connectivity index is 1.61. The fourth-order valence-corrected chi connectivity index (χ4v) is 4.11. The number of benzene rings is 2. The van der Waals surface area contributed by atoms with Crippen molar-refractivity contribution in [2.75, 3.05) is 0 Å². The molecule has 0 aliphatic heterocycles. The molecule has 1 amide bonds. The quantitative estimate of drug-likeness (QED) is 0.487. The van der Waals surface area contributed by atoms with Gasteiger partial charge < -0.3 is 20.1 Å². The zero-order valence-electron chi connectivity index (χ0n) is 19.8. The van der Waals surface area contributed by atoms with E-state index in [0.717, 1.165) is 25.7 Å². The van der Waals surface area contributed by atoms with E-state index in [1.54, 1.807) is 24.3 Å². The molecular formula is C26H34F2N2O3. The third-order valence-electron chi connectivity index (χ3n) is 5.71. The SMILES string of the molecule is CCC(NC1CCC(NC(=O)OC(C)(C)C)CC1)c1ccc(F)c(Oc2ccccc2)c1F. The highest BCUT2D eigenvalue weighted by molar-refractivity contribution is 5.68. The highest BCUT2D eigenvalue weighted by atomic mass is 19.1. The van der Waals surface area contributed by atoms with Crippen LogP contribution in [-0.2, 0) is 4.74 Å². The maximum atomic E-state index is 15.3. The monoisotopic (exact) mass is 460 g/mol. The summed E-state index contributed by atoms with van der Waals surface area (Å²) in [4.78, 5) is 12.0. The number of rotatable bonds is 7. The molecule has 1 fully saturated rings. The number of hydrogen-bond acceptors (Lipinski definition) is 4. The molecule has 2 N–H and O–H groups in total. The summed E-state index contributed by atoms with van der Waals surface area (Å²) in [5, 5.41) is 6.46. The van der Waals surface area contributed by atoms with Crippen molar-refractivity contribution in [1.82, 2.24) is 10.6 Å². The molecule has 2 aromatic rings. The standard InChI is InChI=1S/C26H34F2N2O3/c1-5-22(29-17-11-13-18(14-12-17)30-25(31)33-26(2,3)4)20-15-16-21(27)24(23(20)28)32-19-9-7-6-8-10-19/h6-10,15-18,22,29H,5,11-14H2,1-4H3,(H,30,31). The van der Waals surface area contributed by atoms with Crippen LogP contribution in [0.1, 0.15) is 71.4 Å². The average Bonchev–Trinajstić information content (AvgIpc) is 2.76. The second kappa shape index (κ2) is 11.0. The van der Waals surface area contributed by atoms with E-state index in [4.69, 9.17) is 9.47 Å². The van der Waals surface area contributed by atoms with Crippen molar-refractivity contribution in [3.8, 4) is 11.5 Å². The molecule has 7 heteroatoms. The maximum absolute atomic E-state index is 15.3. The highest BCUT2D eigenvalue weighted by Gasteiger charge is 2.28. The molecule has 0 aromatic heterocycles. The Morgan fingerprint density at radius 1 is 1.03 bits per heavy atom. The van der Waals surface area contributed by atoms with Gasteiger partial charge in [0, 0.05) is 23.7 Å². The summed E-state index contributed by atoms with van der Waals surface area (Å²) in [5.74, 6) is -1.42. The molecule has 0 saturated heterocycles. The number of para-hydroxylation sites is 1. The van der Waals surface area contributed by atoms with Gasteiger partial charge in [-0.3, -0.25) is 0 Å². The summed E-state index contributed by atoms with van der Waals surface area (Å²) in [5.41, 5.74) is -0.140. The van der Waals surface area contributed by atoms with E-state index in [9.17, 15) is 9.18 Å². The van der Waals surface area contributed by atoms with Crippen molar-refractivity contribution in [3.05, 3.63) is 59.7 Å². The summed E-state index contributed by atoms with van der Waals surface area (Å²) < 4.78 is 40.5. The van der Waals surface area contributed by atoms with Gasteiger partial charge in [-0.25, -0.2) is 13.6 Å². The lowest BCUT2D eigenvalue weighted by Gasteiger charge is -2.33. The number of amides is 1. The van der Waals surface area contributed by atoms with Crippen molar-refractivity contribution < 1.29 is 23.0 Å². The number of alkyl carbamates (subject to hydrolysis) is 1. The molecule has 5 nitrogen and oxygen atoms in total. The number of carbonyl (C=O) groups is 1. The van der Waals surface area contributed by atoms with Gasteiger partial charge >= 0.3 is 6.09 Å². The minimum absolute atomic E-state index is 0.0615. The molecular weight excluding hydrogens is 426 g/mol. The van der Waals surface area contributed by atoms with Crippen LogP contribution in [0.25, 0.3) is 0 Å². The van der Waals surface area contributed by atoms with Crippen LogP contribution in [0.15, 0.2) is 42.5 Å². The molecule has 2 aromatic carbocycles. The third-order valence-corrected chi connectivity index (χ3v) is 5.71. The summed E-state index contributed by atoms with van der Waals surface area (Å²) in [7, 11) is 0. The Labute approximate surface area is 194 Å². The molecule has 3 rings (SSSR count). The molecule has 1 unspecified atom stereocenters. The van der Waals surface area contributed by atoms with Crippen LogP contribution in [0, 0.1) is 11.6 Å². The zero-order chi connectivity index (χ0) is 24.0. The first-order chi connectivity index (χ1) is 15.7. The van der Waals surface area contributed by atoms with Crippen LogP contribution >= 0.6 is 0 Å². The highest BCUT2D eigenvalue weighted by Crippen LogP contribution is 2.34. The molecule has 0 heterocycles. The van der Waals surface area contributed by atoms with Crippen LogP contribution in [0.3, 0.4) is 0 Å². The number of halogens is 2. The van der Waals surface area contributed by atoms with Gasteiger partial charge in [-0.2, -0.15) is 0 Å². The molecule has 1 aliphatic carbocycles. The first-order valence-electron chi connectivity index (χ1n) is 11.6. The van der Waals surface area contributed by atoms with Gasteiger partial charge in [-0.15, -0.1) is 0 Å². The molecule has 1 saturated carbocycles. The van der Waals surface area contributed by atoms with Crippen LogP contribution in [0.4, 0.5) is 13.6 Å². The molecule has 1 aliphatic rings. The van der Waals surface area contributed by atoms with E-state index >= 15 is 4.39 Å². The van der Waals surface area contributed by atoms with Gasteiger partial charge in [0.1, 0.15) is 11.4 Å². The summed E-state index contributed by atoms with van der Waals surface area (Å²) in [6.45, 7) is 7.48. The molecule has 33 heavy (non-hydrogen) atoms. The molecule has 0 radical (unpaired) electrons. The number of nitrogens with one attached hydrogen (secondary N) is 2. The smallest absolute Gasteiger partial charge is 0.407 e. The van der Waals surface area contributed by atoms with Gasteiger partial charge in [0.2, 0.25) is 0 Å². The molecule has 1 atom stereocenters. The fraction of sp³-hybridized carbons (Fsp3) is 0.500. The van der Waals surface area contributed by atoms with E-state index in [1.807, 2.05) is 33.8 Å². The Bertz CT molecular complexity index is 923. The maximum Gasteiger partial charge on any atom is 0.407 e. The zero-order valence-corrected chi connectivity index (χ0v) is 19.8. The largest absolute Gasteiger partial charge is 0.451 e. The van der Waals surface area contributed by atoms with E-state index in [1.165, 1.54) is 12.1 Å². The van der Waals surface area contributed by atoms with Crippen molar-refractivity contribution in [1.29, 1.82) is 0 Å². The Hall–Kier alpha value is -2.67. The second-order valence-corrected chi connectivity index (χ2v) is 9.52. The minimum Gasteiger partial charge on any atom is -0.451 e. The van der Waals surface area contributed by atoms with Gasteiger partial charge in [0.25, 0.3) is 0 Å². The number of ether oxygens (including phenoxy) is 2. The van der Waals surface area contributed by atoms with Gasteiger partial charge in [-0.1, -0.05) is 31.2 Å². The van der Waals surface area contributed by atoms with Crippen LogP contribution in [-0.4, -0.2) is 23.8 Å². The van der Waals surface area contributed by atoms with Crippen LogP contribution in [0.5, 0.6) is 11.5 Å². The molecule has 0 bridgehead atoms. The van der Waals surface area contributed by atoms with Gasteiger partial charge in [0.15, 0.2) is 17.4 Å². The normalized spacial score (nSPS) is 19.6. The van der Waals surface area contributed by atoms with Crippen molar-refractivity contribution in [2.24, 2.45) is 0 Å². The van der Waals surface area contributed by atoms with Crippen LogP contribution in [0.2, 0.25) is 0 Å². The first-order valence-corrected chi connectivity index (χ1v) is 11.6. The molecule has 0 spiro atoms. The van der Waals surface area contributed by atoms with Crippen LogP contribution < -0.4 is 15.4 Å². The van der Waals surface area contributed by atoms with Crippen molar-refractivity contribution in [3.63, 3.8) is 0 Å². The Kier molecular flexibility index (Phi) is 8.30. The van der Waals surface area contributed by atoms with E-state index in [-0.39, 0.29) is 23.9 Å². The predicted octanol–water partition coefficient (Wildman–Crippen LogP) is 6.63. The van der Waals surface area contributed by atoms with Crippen molar-refractivity contribution in [2.45, 2.75) is 83.5 Å². The number of carbonyl (C=O) groups excluding carboxylic acids is 1. The molecule has 180 valence electrons. The third kappa shape index (κ3) is 7.16. The van der Waals surface area contributed by atoms with E-state index in [2.05, 4.69) is 10.6 Å². The summed E-state index contributed by atoms with van der Waals surface area (Å²) in [6.07, 6.45) is 3.54. The lowest BCUT2D eigenvalue weighted by molar-refractivity contribution is 0.0489. The Morgan fingerprint density at radius 3 is 2.27 bits per heavy atom. The second-order valence-electron chi connectivity index (χ2n) is 9.52. The fourth-order valence-electron chi connectivity index (χ4n) is 4.11. The van der Waals surface area contributed by atoms with E-state index in [0.29, 0.717) is 17.7 Å². The average molecular weight is 461 g/mol. The van der Waals surface area contributed by atoms with Gasteiger partial charge in [0.05, 0.1) is 0 Å². The number of hydrogen-bond donors (Lipinski definition) is 2.